The topological polar surface area (TPSA) is 55.4 Å². The fourth-order valence-corrected chi connectivity index (χ4v) is 1.46. The van der Waals surface area contributed by atoms with Crippen molar-refractivity contribution in [3.05, 3.63) is 29.8 Å². The van der Waals surface area contributed by atoms with Gasteiger partial charge in [-0.25, -0.2) is 0 Å². The number of carbonyl (C=O) groups excluding carboxylic acids is 2. The van der Waals surface area contributed by atoms with Gasteiger partial charge in [0.2, 0.25) is 5.91 Å². The van der Waals surface area contributed by atoms with E-state index < -0.39 is 0 Å². The van der Waals surface area contributed by atoms with Crippen LogP contribution in [-0.2, 0) is 16.0 Å². The smallest absolute Gasteiger partial charge is 0.223 e. The molecule has 1 aromatic rings. The normalized spacial score (nSPS) is 9.89. The predicted molar refractivity (Wildman–Crippen MR) is 69.6 cm³/mol. The molecule has 0 aliphatic carbocycles. The Morgan fingerprint density at radius 2 is 1.83 bits per heavy atom. The van der Waals surface area contributed by atoms with Crippen molar-refractivity contribution in [2.45, 2.75) is 26.2 Å². The van der Waals surface area contributed by atoms with Crippen molar-refractivity contribution >= 4 is 11.7 Å². The van der Waals surface area contributed by atoms with Gasteiger partial charge in [0, 0.05) is 13.5 Å². The molecule has 0 spiro atoms. The molecule has 1 amide bonds. The molecule has 0 bridgehead atoms. The van der Waals surface area contributed by atoms with Crippen LogP contribution >= 0.6 is 0 Å². The Bertz CT molecular complexity index is 398. The minimum absolute atomic E-state index is 0.0342. The fourth-order valence-electron chi connectivity index (χ4n) is 1.46. The molecule has 4 heteroatoms. The molecule has 4 nitrogen and oxygen atoms in total. The molecule has 1 aromatic carbocycles. The predicted octanol–water partition coefficient (Wildman–Crippen LogP) is 1.72. The van der Waals surface area contributed by atoms with Gasteiger partial charge in [-0.05, 0) is 31.0 Å². The van der Waals surface area contributed by atoms with Gasteiger partial charge < -0.3 is 14.8 Å². The van der Waals surface area contributed by atoms with Gasteiger partial charge in [0.1, 0.15) is 11.5 Å². The van der Waals surface area contributed by atoms with Crippen LogP contribution in [0.3, 0.4) is 0 Å². The molecular formula is C14H19NO3. The van der Waals surface area contributed by atoms with Crippen LogP contribution in [0.1, 0.15) is 25.3 Å². The SMILES string of the molecule is CNC(=O)CCOc1ccc(CCC(C)=O)cc1. The van der Waals surface area contributed by atoms with Crippen LogP contribution in [0.2, 0.25) is 0 Å². The lowest BCUT2D eigenvalue weighted by Gasteiger charge is -2.06. The highest BCUT2D eigenvalue weighted by Gasteiger charge is 2.00. The average molecular weight is 249 g/mol. The molecule has 18 heavy (non-hydrogen) atoms. The van der Waals surface area contributed by atoms with Crippen LogP contribution in [0.5, 0.6) is 5.75 Å². The van der Waals surface area contributed by atoms with Crippen molar-refractivity contribution in [2.75, 3.05) is 13.7 Å². The second-order valence-corrected chi connectivity index (χ2v) is 4.12. The van der Waals surface area contributed by atoms with Crippen molar-refractivity contribution in [3.8, 4) is 5.75 Å². The summed E-state index contributed by atoms with van der Waals surface area (Å²) in [6.45, 7) is 1.96. The maximum Gasteiger partial charge on any atom is 0.223 e. The Kier molecular flexibility index (Phi) is 5.91. The standard InChI is InChI=1S/C14H19NO3/c1-11(16)3-4-12-5-7-13(8-6-12)18-10-9-14(17)15-2/h5-8H,3-4,9-10H2,1-2H3,(H,15,17). The van der Waals surface area contributed by atoms with E-state index >= 15 is 0 Å². The summed E-state index contributed by atoms with van der Waals surface area (Å²) in [5.41, 5.74) is 1.11. The summed E-state index contributed by atoms with van der Waals surface area (Å²) in [7, 11) is 1.60. The molecule has 0 aliphatic rings. The van der Waals surface area contributed by atoms with Gasteiger partial charge >= 0.3 is 0 Å². The summed E-state index contributed by atoms with van der Waals surface area (Å²) >= 11 is 0. The number of nitrogens with one attached hydrogen (secondary N) is 1. The molecule has 0 fully saturated rings. The third-order valence-electron chi connectivity index (χ3n) is 2.57. The number of carbonyl (C=O) groups is 2. The first kappa shape index (κ1) is 14.2. The number of benzene rings is 1. The number of ketones is 1. The monoisotopic (exact) mass is 249 g/mol. The van der Waals surface area contributed by atoms with Crippen LogP contribution in [0.15, 0.2) is 24.3 Å². The lowest BCUT2D eigenvalue weighted by Crippen LogP contribution is -2.20. The van der Waals surface area contributed by atoms with Crippen LogP contribution in [-0.4, -0.2) is 25.3 Å². The minimum Gasteiger partial charge on any atom is -0.493 e. The summed E-state index contributed by atoms with van der Waals surface area (Å²) in [5, 5.41) is 2.54. The Labute approximate surface area is 107 Å². The van der Waals surface area contributed by atoms with E-state index in [9.17, 15) is 9.59 Å². The number of rotatable bonds is 7. The zero-order chi connectivity index (χ0) is 13.4. The van der Waals surface area contributed by atoms with Crippen LogP contribution < -0.4 is 10.1 Å². The van der Waals surface area contributed by atoms with Crippen molar-refractivity contribution in [2.24, 2.45) is 0 Å². The molecule has 0 aliphatic heterocycles. The first-order chi connectivity index (χ1) is 8.61. The molecule has 0 heterocycles. The summed E-state index contributed by atoms with van der Waals surface area (Å²) in [4.78, 5) is 21.8. The molecule has 0 saturated heterocycles. The van der Waals surface area contributed by atoms with E-state index in [0.717, 1.165) is 17.7 Å². The summed E-state index contributed by atoms with van der Waals surface area (Å²) in [6.07, 6.45) is 1.67. The molecule has 0 atom stereocenters. The van der Waals surface area contributed by atoms with Crippen LogP contribution in [0.25, 0.3) is 0 Å². The zero-order valence-corrected chi connectivity index (χ0v) is 10.9. The highest BCUT2D eigenvalue weighted by Crippen LogP contribution is 2.13. The molecule has 1 N–H and O–H groups in total. The lowest BCUT2D eigenvalue weighted by molar-refractivity contribution is -0.121. The van der Waals surface area contributed by atoms with E-state index in [4.69, 9.17) is 4.74 Å². The van der Waals surface area contributed by atoms with Crippen molar-refractivity contribution < 1.29 is 14.3 Å². The average Bonchev–Trinajstić information content (AvgIpc) is 2.37. The maximum atomic E-state index is 11.0. The number of hydrogen-bond acceptors (Lipinski definition) is 3. The van der Waals surface area contributed by atoms with Gasteiger partial charge in [-0.15, -0.1) is 0 Å². The summed E-state index contributed by atoms with van der Waals surface area (Å²) < 4.78 is 5.43. The van der Waals surface area contributed by atoms with Gasteiger partial charge in [-0.2, -0.15) is 0 Å². The molecule has 0 aromatic heterocycles. The lowest BCUT2D eigenvalue weighted by atomic mass is 10.1. The van der Waals surface area contributed by atoms with E-state index in [1.807, 2.05) is 24.3 Å². The Morgan fingerprint density at radius 1 is 1.17 bits per heavy atom. The Balaban J connectivity index is 2.35. The third kappa shape index (κ3) is 5.48. The van der Waals surface area contributed by atoms with Crippen LogP contribution in [0, 0.1) is 0 Å². The molecule has 0 unspecified atom stereocenters. The van der Waals surface area contributed by atoms with E-state index in [1.54, 1.807) is 14.0 Å². The number of aryl methyl sites for hydroxylation is 1. The number of hydrogen-bond donors (Lipinski definition) is 1. The second-order valence-electron chi connectivity index (χ2n) is 4.12. The highest BCUT2D eigenvalue weighted by atomic mass is 16.5. The van der Waals surface area contributed by atoms with Gasteiger partial charge in [0.05, 0.1) is 13.0 Å². The quantitative estimate of drug-likeness (QED) is 0.800. The Morgan fingerprint density at radius 3 is 2.39 bits per heavy atom. The highest BCUT2D eigenvalue weighted by molar-refractivity contribution is 5.76. The zero-order valence-electron chi connectivity index (χ0n) is 10.9. The largest absolute Gasteiger partial charge is 0.493 e. The third-order valence-corrected chi connectivity index (χ3v) is 2.57. The minimum atomic E-state index is -0.0342. The Hall–Kier alpha value is -1.84. The number of Topliss-reactive ketones (excluding diaryl/α,β-unsaturated/α-hetero) is 1. The number of amides is 1. The molecule has 98 valence electrons. The van der Waals surface area contributed by atoms with E-state index in [0.29, 0.717) is 19.4 Å². The molecule has 1 rings (SSSR count). The van der Waals surface area contributed by atoms with E-state index in [2.05, 4.69) is 5.32 Å². The van der Waals surface area contributed by atoms with Crippen molar-refractivity contribution in [3.63, 3.8) is 0 Å². The summed E-state index contributed by atoms with van der Waals surface area (Å²) in [5.74, 6) is 0.902. The first-order valence-corrected chi connectivity index (χ1v) is 6.03. The molecular weight excluding hydrogens is 230 g/mol. The number of ether oxygens (including phenoxy) is 1. The van der Waals surface area contributed by atoms with Crippen molar-refractivity contribution in [1.29, 1.82) is 0 Å². The van der Waals surface area contributed by atoms with Crippen molar-refractivity contribution in [1.82, 2.24) is 5.32 Å². The molecule has 0 saturated carbocycles. The van der Waals surface area contributed by atoms with Gasteiger partial charge in [0.25, 0.3) is 0 Å². The van der Waals surface area contributed by atoms with E-state index in [1.165, 1.54) is 0 Å². The van der Waals surface area contributed by atoms with Crippen LogP contribution in [0.4, 0.5) is 0 Å². The van der Waals surface area contributed by atoms with Gasteiger partial charge in [-0.3, -0.25) is 4.79 Å². The van der Waals surface area contributed by atoms with Gasteiger partial charge in [-0.1, -0.05) is 12.1 Å². The first-order valence-electron chi connectivity index (χ1n) is 6.03. The maximum absolute atomic E-state index is 11.0. The summed E-state index contributed by atoms with van der Waals surface area (Å²) in [6, 6.07) is 7.61. The molecule has 0 radical (unpaired) electrons. The van der Waals surface area contributed by atoms with E-state index in [-0.39, 0.29) is 11.7 Å². The second kappa shape index (κ2) is 7.48. The van der Waals surface area contributed by atoms with Gasteiger partial charge in [0.15, 0.2) is 0 Å². The fraction of sp³-hybridized carbons (Fsp3) is 0.429.